The van der Waals surface area contributed by atoms with Gasteiger partial charge in [0.2, 0.25) is 0 Å². The van der Waals surface area contributed by atoms with Crippen LogP contribution in [0.3, 0.4) is 0 Å². The van der Waals surface area contributed by atoms with E-state index >= 15 is 0 Å². The first-order valence-electron chi connectivity index (χ1n) is 13.6. The highest BCUT2D eigenvalue weighted by Gasteiger charge is 2.12. The number of fused-ring (bicyclic) bond motifs is 5. The van der Waals surface area contributed by atoms with Crippen LogP contribution in [0, 0.1) is 0 Å². The second-order valence-corrected chi connectivity index (χ2v) is 10.2. The van der Waals surface area contributed by atoms with Gasteiger partial charge in [0.1, 0.15) is 11.2 Å². The molecular weight excluding hydrogens is 486 g/mol. The third-order valence-corrected chi connectivity index (χ3v) is 7.87. The predicted octanol–water partition coefficient (Wildman–Crippen LogP) is 11.0. The summed E-state index contributed by atoms with van der Waals surface area (Å²) in [7, 11) is 0. The molecule has 0 bridgehead atoms. The zero-order chi connectivity index (χ0) is 26.5. The third kappa shape index (κ3) is 3.73. The lowest BCUT2D eigenvalue weighted by molar-refractivity contribution is 0.669. The molecule has 7 aromatic carbocycles. The van der Waals surface area contributed by atoms with Crippen LogP contribution in [0.4, 0.5) is 11.4 Å². The van der Waals surface area contributed by atoms with Gasteiger partial charge in [0.15, 0.2) is 0 Å². The van der Waals surface area contributed by atoms with Crippen molar-refractivity contribution in [1.82, 2.24) is 0 Å². The van der Waals surface area contributed by atoms with E-state index in [0.29, 0.717) is 0 Å². The van der Waals surface area contributed by atoms with Gasteiger partial charge in [-0.1, -0.05) is 109 Å². The average molecular weight is 512 g/mol. The topological polar surface area (TPSA) is 25.2 Å². The summed E-state index contributed by atoms with van der Waals surface area (Å²) in [6.45, 7) is 0. The first-order valence-corrected chi connectivity index (χ1v) is 13.6. The Bertz CT molecular complexity index is 2180. The zero-order valence-corrected chi connectivity index (χ0v) is 21.8. The van der Waals surface area contributed by atoms with Crippen molar-refractivity contribution >= 4 is 54.9 Å². The maximum atomic E-state index is 5.99. The first kappa shape index (κ1) is 22.6. The van der Waals surface area contributed by atoms with Crippen LogP contribution in [0.1, 0.15) is 0 Å². The normalized spacial score (nSPS) is 11.5. The van der Waals surface area contributed by atoms with E-state index in [4.69, 9.17) is 4.42 Å². The zero-order valence-electron chi connectivity index (χ0n) is 21.8. The molecule has 40 heavy (non-hydrogen) atoms. The molecule has 0 spiro atoms. The number of para-hydroxylation sites is 1. The Morgan fingerprint density at radius 3 is 1.82 bits per heavy atom. The Hall–Kier alpha value is -5.34. The SMILES string of the molecule is c1ccc2c(-c3ccc(-c4ccc(Nc5ccc6oc7ccccc7c6c5)cc4)c4ccccc34)cccc2c1. The van der Waals surface area contributed by atoms with Gasteiger partial charge in [-0.2, -0.15) is 0 Å². The highest BCUT2D eigenvalue weighted by Crippen LogP contribution is 2.39. The summed E-state index contributed by atoms with van der Waals surface area (Å²) in [6.07, 6.45) is 0. The number of benzene rings is 7. The maximum Gasteiger partial charge on any atom is 0.135 e. The van der Waals surface area contributed by atoms with Crippen molar-refractivity contribution in [2.75, 3.05) is 5.32 Å². The molecule has 8 aromatic rings. The molecule has 188 valence electrons. The fourth-order valence-corrected chi connectivity index (χ4v) is 5.95. The molecule has 0 amide bonds. The molecule has 1 aromatic heterocycles. The fourth-order valence-electron chi connectivity index (χ4n) is 5.95. The van der Waals surface area contributed by atoms with E-state index in [2.05, 4.69) is 133 Å². The molecule has 1 N–H and O–H groups in total. The largest absolute Gasteiger partial charge is 0.456 e. The van der Waals surface area contributed by atoms with Crippen LogP contribution in [0.25, 0.3) is 65.7 Å². The van der Waals surface area contributed by atoms with Crippen LogP contribution < -0.4 is 5.32 Å². The van der Waals surface area contributed by atoms with Crippen LogP contribution >= 0.6 is 0 Å². The highest BCUT2D eigenvalue weighted by atomic mass is 16.3. The Labute approximate surface area is 232 Å². The summed E-state index contributed by atoms with van der Waals surface area (Å²) in [5, 5.41) is 10.9. The summed E-state index contributed by atoms with van der Waals surface area (Å²) in [5.41, 5.74) is 8.86. The Kier molecular flexibility index (Phi) is 5.17. The van der Waals surface area contributed by atoms with Gasteiger partial charge >= 0.3 is 0 Å². The molecule has 0 saturated heterocycles. The lowest BCUT2D eigenvalue weighted by Gasteiger charge is -2.14. The fraction of sp³-hybridized carbons (Fsp3) is 0. The summed E-state index contributed by atoms with van der Waals surface area (Å²) in [4.78, 5) is 0. The van der Waals surface area contributed by atoms with Gasteiger partial charge < -0.3 is 9.73 Å². The molecular formula is C38H25NO. The first-order chi connectivity index (χ1) is 19.8. The van der Waals surface area contributed by atoms with Gasteiger partial charge in [-0.25, -0.2) is 0 Å². The van der Waals surface area contributed by atoms with Gasteiger partial charge in [0.05, 0.1) is 0 Å². The molecule has 2 heteroatoms. The number of hydrogen-bond acceptors (Lipinski definition) is 2. The summed E-state index contributed by atoms with van der Waals surface area (Å²) >= 11 is 0. The van der Waals surface area contributed by atoms with E-state index in [-0.39, 0.29) is 0 Å². The van der Waals surface area contributed by atoms with Gasteiger partial charge in [-0.3, -0.25) is 0 Å². The van der Waals surface area contributed by atoms with Crippen LogP contribution in [-0.4, -0.2) is 0 Å². The summed E-state index contributed by atoms with van der Waals surface area (Å²) in [5.74, 6) is 0. The Morgan fingerprint density at radius 1 is 0.375 bits per heavy atom. The highest BCUT2D eigenvalue weighted by molar-refractivity contribution is 6.10. The van der Waals surface area contributed by atoms with E-state index in [1.807, 2.05) is 18.2 Å². The summed E-state index contributed by atoms with van der Waals surface area (Å²) < 4.78 is 5.99. The van der Waals surface area contributed by atoms with Crippen LogP contribution in [0.15, 0.2) is 150 Å². The molecule has 1 heterocycles. The molecule has 2 nitrogen and oxygen atoms in total. The van der Waals surface area contributed by atoms with E-state index in [9.17, 15) is 0 Å². The maximum absolute atomic E-state index is 5.99. The molecule has 0 saturated carbocycles. The van der Waals surface area contributed by atoms with Crippen molar-refractivity contribution in [3.05, 3.63) is 146 Å². The van der Waals surface area contributed by atoms with Gasteiger partial charge in [-0.05, 0) is 80.2 Å². The minimum atomic E-state index is 0.904. The van der Waals surface area contributed by atoms with Gasteiger partial charge in [-0.15, -0.1) is 0 Å². The van der Waals surface area contributed by atoms with E-state index in [1.165, 1.54) is 43.8 Å². The van der Waals surface area contributed by atoms with E-state index in [0.717, 1.165) is 33.3 Å². The van der Waals surface area contributed by atoms with E-state index < -0.39 is 0 Å². The lowest BCUT2D eigenvalue weighted by Crippen LogP contribution is -1.91. The third-order valence-electron chi connectivity index (χ3n) is 7.87. The Balaban J connectivity index is 1.15. The van der Waals surface area contributed by atoms with Crippen molar-refractivity contribution in [1.29, 1.82) is 0 Å². The van der Waals surface area contributed by atoms with Gasteiger partial charge in [0, 0.05) is 22.1 Å². The minimum absolute atomic E-state index is 0.904. The molecule has 0 radical (unpaired) electrons. The molecule has 0 unspecified atom stereocenters. The van der Waals surface area contributed by atoms with Crippen molar-refractivity contribution in [2.24, 2.45) is 0 Å². The lowest BCUT2D eigenvalue weighted by atomic mass is 9.90. The smallest absolute Gasteiger partial charge is 0.135 e. The second-order valence-electron chi connectivity index (χ2n) is 10.2. The average Bonchev–Trinajstić information content (AvgIpc) is 3.39. The van der Waals surface area contributed by atoms with Crippen LogP contribution in [-0.2, 0) is 0 Å². The predicted molar refractivity (Wildman–Crippen MR) is 169 cm³/mol. The van der Waals surface area contributed by atoms with E-state index in [1.54, 1.807) is 0 Å². The minimum Gasteiger partial charge on any atom is -0.456 e. The number of anilines is 2. The second kappa shape index (κ2) is 9.14. The standard InChI is InChI=1S/C38H25NO/c1-2-10-29-25(8-1)9-7-14-32(29)34-22-21-30(31-11-3-4-12-33(31)34)26-16-18-27(19-17-26)39-28-20-23-38-36(24-28)35-13-5-6-15-37(35)40-38/h1-24,39H. The molecule has 0 aliphatic carbocycles. The van der Waals surface area contributed by atoms with Crippen molar-refractivity contribution < 1.29 is 4.42 Å². The molecule has 0 aliphatic rings. The number of hydrogen-bond donors (Lipinski definition) is 1. The monoisotopic (exact) mass is 511 g/mol. The Morgan fingerprint density at radius 2 is 0.975 bits per heavy atom. The van der Waals surface area contributed by atoms with Crippen LogP contribution in [0.5, 0.6) is 0 Å². The molecule has 0 aliphatic heterocycles. The number of rotatable bonds is 4. The number of furan rings is 1. The van der Waals surface area contributed by atoms with Crippen molar-refractivity contribution in [3.8, 4) is 22.3 Å². The molecule has 8 rings (SSSR count). The summed E-state index contributed by atoms with van der Waals surface area (Å²) in [6, 6.07) is 51.6. The van der Waals surface area contributed by atoms with Crippen molar-refractivity contribution in [2.45, 2.75) is 0 Å². The quantitative estimate of drug-likeness (QED) is 0.254. The molecule has 0 atom stereocenters. The van der Waals surface area contributed by atoms with Gasteiger partial charge in [0.25, 0.3) is 0 Å². The molecule has 0 fully saturated rings. The van der Waals surface area contributed by atoms with Crippen LogP contribution in [0.2, 0.25) is 0 Å². The number of nitrogens with one attached hydrogen (secondary N) is 1. The van der Waals surface area contributed by atoms with Crippen molar-refractivity contribution in [3.63, 3.8) is 0 Å².